The Labute approximate surface area is 173 Å². The Morgan fingerprint density at radius 1 is 1.03 bits per heavy atom. The maximum absolute atomic E-state index is 13.0. The molecule has 5 nitrogen and oxygen atoms in total. The number of nitrogens with zero attached hydrogens (tertiary/aromatic N) is 3. The second-order valence-electron chi connectivity index (χ2n) is 7.03. The molecule has 4 rings (SSSR count). The van der Waals surface area contributed by atoms with Crippen molar-refractivity contribution in [1.29, 1.82) is 0 Å². The van der Waals surface area contributed by atoms with Crippen LogP contribution in [-0.2, 0) is 13.1 Å². The highest BCUT2D eigenvalue weighted by Crippen LogP contribution is 2.18. The van der Waals surface area contributed by atoms with Crippen molar-refractivity contribution in [3.05, 3.63) is 82.1 Å². The number of aromatic nitrogens is 1. The monoisotopic (exact) mass is 410 g/mol. The van der Waals surface area contributed by atoms with Crippen molar-refractivity contribution in [3.63, 3.8) is 0 Å². The number of para-hydroxylation sites is 1. The van der Waals surface area contributed by atoms with Gasteiger partial charge in [0.1, 0.15) is 16.5 Å². The van der Waals surface area contributed by atoms with Crippen molar-refractivity contribution in [1.82, 2.24) is 15.2 Å². The molecule has 2 aromatic carbocycles. The third-order valence-corrected chi connectivity index (χ3v) is 5.84. The fourth-order valence-corrected chi connectivity index (χ4v) is 4.17. The van der Waals surface area contributed by atoms with Gasteiger partial charge in [-0.2, -0.15) is 0 Å². The predicted octanol–water partition coefficient (Wildman–Crippen LogP) is 3.53. The molecule has 0 atom stereocenters. The van der Waals surface area contributed by atoms with Crippen LogP contribution in [0, 0.1) is 5.82 Å². The van der Waals surface area contributed by atoms with Gasteiger partial charge in [0.2, 0.25) is 0 Å². The third-order valence-electron chi connectivity index (χ3n) is 5.00. The fraction of sp³-hybridized carbons (Fsp3) is 0.273. The Morgan fingerprint density at radius 3 is 2.48 bits per heavy atom. The van der Waals surface area contributed by atoms with Crippen molar-refractivity contribution >= 4 is 22.9 Å². The maximum Gasteiger partial charge on any atom is 0.271 e. The maximum atomic E-state index is 13.0. The van der Waals surface area contributed by atoms with Gasteiger partial charge in [-0.3, -0.25) is 9.69 Å². The van der Waals surface area contributed by atoms with E-state index < -0.39 is 0 Å². The average molecular weight is 411 g/mol. The lowest BCUT2D eigenvalue weighted by Gasteiger charge is -2.35. The summed E-state index contributed by atoms with van der Waals surface area (Å²) >= 11 is 1.52. The Kier molecular flexibility index (Phi) is 6.17. The number of hydrogen-bond acceptors (Lipinski definition) is 5. The molecule has 0 aliphatic carbocycles. The minimum atomic E-state index is -0.283. The van der Waals surface area contributed by atoms with Gasteiger partial charge in [0.05, 0.1) is 6.54 Å². The Balaban J connectivity index is 1.26. The zero-order valence-electron chi connectivity index (χ0n) is 16.1. The van der Waals surface area contributed by atoms with E-state index in [9.17, 15) is 9.18 Å². The smallest absolute Gasteiger partial charge is 0.271 e. The van der Waals surface area contributed by atoms with Gasteiger partial charge in [0, 0.05) is 43.8 Å². The molecule has 150 valence electrons. The number of nitrogens with one attached hydrogen (secondary N) is 1. The Bertz CT molecular complexity index is 937. The van der Waals surface area contributed by atoms with E-state index in [4.69, 9.17) is 0 Å². The minimum Gasteiger partial charge on any atom is -0.369 e. The van der Waals surface area contributed by atoms with E-state index in [2.05, 4.69) is 44.4 Å². The molecule has 1 aromatic heterocycles. The van der Waals surface area contributed by atoms with E-state index in [0.717, 1.165) is 43.3 Å². The quantitative estimate of drug-likeness (QED) is 0.675. The number of halogens is 1. The van der Waals surface area contributed by atoms with Gasteiger partial charge in [-0.15, -0.1) is 11.3 Å². The zero-order valence-corrected chi connectivity index (χ0v) is 16.9. The van der Waals surface area contributed by atoms with Gasteiger partial charge in [0.15, 0.2) is 0 Å². The number of carbonyl (C=O) groups is 1. The van der Waals surface area contributed by atoms with Gasteiger partial charge in [-0.05, 0) is 29.8 Å². The molecule has 7 heteroatoms. The zero-order chi connectivity index (χ0) is 20.1. The van der Waals surface area contributed by atoms with Gasteiger partial charge in [-0.25, -0.2) is 9.37 Å². The number of rotatable bonds is 6. The van der Waals surface area contributed by atoms with Gasteiger partial charge >= 0.3 is 0 Å². The first-order valence-corrected chi connectivity index (χ1v) is 10.5. The summed E-state index contributed by atoms with van der Waals surface area (Å²) in [4.78, 5) is 21.6. The molecule has 0 saturated carbocycles. The molecule has 0 unspecified atom stereocenters. The van der Waals surface area contributed by atoms with Crippen LogP contribution < -0.4 is 10.2 Å². The van der Waals surface area contributed by atoms with Crippen LogP contribution in [-0.4, -0.2) is 42.0 Å². The Morgan fingerprint density at radius 2 is 1.76 bits per heavy atom. The van der Waals surface area contributed by atoms with Crippen LogP contribution in [0.5, 0.6) is 0 Å². The predicted molar refractivity (Wildman–Crippen MR) is 114 cm³/mol. The van der Waals surface area contributed by atoms with Crippen molar-refractivity contribution in [2.45, 2.75) is 13.1 Å². The SMILES string of the molecule is O=C(NCc1ccc(F)cc1)c1csc(CN2CCN(c3ccccc3)CC2)n1. The summed E-state index contributed by atoms with van der Waals surface area (Å²) in [6.07, 6.45) is 0. The average Bonchev–Trinajstić information content (AvgIpc) is 3.23. The number of benzene rings is 2. The molecule has 1 fully saturated rings. The van der Waals surface area contributed by atoms with E-state index in [-0.39, 0.29) is 11.7 Å². The third kappa shape index (κ3) is 5.19. The van der Waals surface area contributed by atoms with E-state index >= 15 is 0 Å². The van der Waals surface area contributed by atoms with Crippen LogP contribution in [0.4, 0.5) is 10.1 Å². The molecule has 2 heterocycles. The number of piperazine rings is 1. The highest BCUT2D eigenvalue weighted by Gasteiger charge is 2.19. The van der Waals surface area contributed by atoms with Crippen molar-refractivity contribution < 1.29 is 9.18 Å². The van der Waals surface area contributed by atoms with Crippen LogP contribution in [0.15, 0.2) is 60.0 Å². The highest BCUT2D eigenvalue weighted by atomic mass is 32.1. The lowest BCUT2D eigenvalue weighted by atomic mass is 10.2. The molecule has 0 spiro atoms. The molecular formula is C22H23FN4OS. The topological polar surface area (TPSA) is 48.5 Å². The summed E-state index contributed by atoms with van der Waals surface area (Å²) < 4.78 is 13.0. The van der Waals surface area contributed by atoms with Crippen LogP contribution in [0.1, 0.15) is 21.1 Å². The lowest BCUT2D eigenvalue weighted by Crippen LogP contribution is -2.45. The fourth-order valence-electron chi connectivity index (χ4n) is 3.36. The van der Waals surface area contributed by atoms with Gasteiger partial charge in [0.25, 0.3) is 5.91 Å². The van der Waals surface area contributed by atoms with Crippen LogP contribution in [0.3, 0.4) is 0 Å². The first kappa shape index (κ1) is 19.5. The van der Waals surface area contributed by atoms with E-state index in [1.54, 1.807) is 17.5 Å². The highest BCUT2D eigenvalue weighted by molar-refractivity contribution is 7.09. The largest absolute Gasteiger partial charge is 0.369 e. The van der Waals surface area contributed by atoms with E-state index in [1.165, 1.54) is 29.2 Å². The van der Waals surface area contributed by atoms with Crippen molar-refractivity contribution in [2.24, 2.45) is 0 Å². The Hall–Kier alpha value is -2.77. The van der Waals surface area contributed by atoms with Gasteiger partial charge < -0.3 is 10.2 Å². The molecule has 1 saturated heterocycles. The normalized spacial score (nSPS) is 14.7. The molecule has 0 radical (unpaired) electrons. The molecule has 1 N–H and O–H groups in total. The van der Waals surface area contributed by atoms with Crippen LogP contribution in [0.25, 0.3) is 0 Å². The summed E-state index contributed by atoms with van der Waals surface area (Å²) in [5.41, 5.74) is 2.56. The minimum absolute atomic E-state index is 0.203. The van der Waals surface area contributed by atoms with Crippen molar-refractivity contribution in [2.75, 3.05) is 31.1 Å². The summed E-state index contributed by atoms with van der Waals surface area (Å²) in [6, 6.07) is 16.6. The number of thiazole rings is 1. The number of hydrogen-bond donors (Lipinski definition) is 1. The number of amides is 1. The second-order valence-corrected chi connectivity index (χ2v) is 7.98. The first-order chi connectivity index (χ1) is 14.2. The molecule has 1 aliphatic rings. The molecule has 1 aliphatic heterocycles. The van der Waals surface area contributed by atoms with E-state index in [0.29, 0.717) is 12.2 Å². The standard InChI is InChI=1S/C22H23FN4OS/c23-18-8-6-17(7-9-18)14-24-22(28)20-16-29-21(25-20)15-26-10-12-27(13-11-26)19-4-2-1-3-5-19/h1-9,16H,10-15H2,(H,24,28). The van der Waals surface area contributed by atoms with Crippen LogP contribution in [0.2, 0.25) is 0 Å². The second kappa shape index (κ2) is 9.15. The van der Waals surface area contributed by atoms with Crippen LogP contribution >= 0.6 is 11.3 Å². The lowest BCUT2D eigenvalue weighted by molar-refractivity contribution is 0.0946. The molecule has 0 bridgehead atoms. The summed E-state index contributed by atoms with van der Waals surface area (Å²) in [5, 5.41) is 5.59. The number of anilines is 1. The summed E-state index contributed by atoms with van der Waals surface area (Å²) in [5.74, 6) is -0.487. The first-order valence-electron chi connectivity index (χ1n) is 9.67. The van der Waals surface area contributed by atoms with Crippen molar-refractivity contribution in [3.8, 4) is 0 Å². The molecule has 1 amide bonds. The number of carbonyl (C=O) groups excluding carboxylic acids is 1. The summed E-state index contributed by atoms with van der Waals surface area (Å²) in [7, 11) is 0. The van der Waals surface area contributed by atoms with E-state index in [1.807, 2.05) is 6.07 Å². The molecule has 3 aromatic rings. The van der Waals surface area contributed by atoms with Gasteiger partial charge in [-0.1, -0.05) is 30.3 Å². The summed E-state index contributed by atoms with van der Waals surface area (Å²) in [6.45, 7) is 5.04. The molecule has 29 heavy (non-hydrogen) atoms. The molecular weight excluding hydrogens is 387 g/mol.